The zero-order valence-electron chi connectivity index (χ0n) is 23.0. The number of carboxylic acids is 1. The Labute approximate surface area is 235 Å². The van der Waals surface area contributed by atoms with E-state index in [2.05, 4.69) is 31.2 Å². The molecular formula is C31H35N7O2. The molecule has 1 aromatic carbocycles. The molecule has 2 aliphatic heterocycles. The van der Waals surface area contributed by atoms with Crippen molar-refractivity contribution in [2.45, 2.75) is 39.5 Å². The molecule has 2 aliphatic rings. The standard InChI is InChI=1S/C31H35N7O2/c1-20(2)29(33)28-25(22-5-7-24(8-6-22)37-15-10-21(19-32)11-16-37)18-26(31(39)40)36-30(28)35-23-9-12-34-27(17-23)38-13-3-4-14-38/h5-9,12,17-18,20-21,33H,3-4,10-11,13-16H2,1-2H3,(H,39,40)(H,34,35,36). The normalized spacial score (nSPS) is 15.8. The molecule has 9 heteroatoms. The summed E-state index contributed by atoms with van der Waals surface area (Å²) in [6.45, 7) is 7.49. The van der Waals surface area contributed by atoms with E-state index in [1.54, 1.807) is 12.3 Å². The number of rotatable bonds is 8. The van der Waals surface area contributed by atoms with Crippen molar-refractivity contribution in [2.24, 2.45) is 11.8 Å². The number of pyridine rings is 2. The minimum absolute atomic E-state index is 0.0886. The monoisotopic (exact) mass is 537 g/mol. The molecule has 9 nitrogen and oxygen atoms in total. The molecule has 2 fully saturated rings. The molecule has 3 N–H and O–H groups in total. The van der Waals surface area contributed by atoms with Crippen molar-refractivity contribution < 1.29 is 9.90 Å². The summed E-state index contributed by atoms with van der Waals surface area (Å²) in [7, 11) is 0. The Morgan fingerprint density at radius 1 is 1.07 bits per heavy atom. The van der Waals surface area contributed by atoms with Crippen LogP contribution in [0.4, 0.5) is 23.0 Å². The van der Waals surface area contributed by atoms with Gasteiger partial charge in [0.05, 0.1) is 6.07 Å². The number of aromatic carboxylic acids is 1. The largest absolute Gasteiger partial charge is 0.477 e. The number of nitrogens with one attached hydrogen (secondary N) is 2. The molecule has 0 bridgehead atoms. The van der Waals surface area contributed by atoms with Crippen molar-refractivity contribution >= 4 is 34.7 Å². The Morgan fingerprint density at radius 2 is 1.77 bits per heavy atom. The molecule has 40 heavy (non-hydrogen) atoms. The third-order valence-corrected chi connectivity index (χ3v) is 7.74. The Balaban J connectivity index is 1.54. The predicted molar refractivity (Wildman–Crippen MR) is 158 cm³/mol. The summed E-state index contributed by atoms with van der Waals surface area (Å²) in [6.07, 6.45) is 5.71. The Hall–Kier alpha value is -4.45. The predicted octanol–water partition coefficient (Wildman–Crippen LogP) is 5.95. The van der Waals surface area contributed by atoms with E-state index in [4.69, 9.17) is 5.41 Å². The minimum atomic E-state index is -1.13. The van der Waals surface area contributed by atoms with Gasteiger partial charge in [0.1, 0.15) is 11.6 Å². The Morgan fingerprint density at radius 3 is 2.40 bits per heavy atom. The molecule has 3 aromatic rings. The maximum Gasteiger partial charge on any atom is 0.354 e. The molecule has 0 unspecified atom stereocenters. The summed E-state index contributed by atoms with van der Waals surface area (Å²) in [5.74, 6) is 0.0948. The van der Waals surface area contributed by atoms with Crippen LogP contribution in [0.15, 0.2) is 48.7 Å². The summed E-state index contributed by atoms with van der Waals surface area (Å²) in [5.41, 5.74) is 4.15. The first-order valence-corrected chi connectivity index (χ1v) is 13.9. The van der Waals surface area contributed by atoms with Gasteiger partial charge in [-0.2, -0.15) is 5.26 Å². The third kappa shape index (κ3) is 5.76. The highest BCUT2D eigenvalue weighted by atomic mass is 16.4. The molecule has 4 heterocycles. The van der Waals surface area contributed by atoms with Crippen LogP contribution in [-0.2, 0) is 0 Å². The Kier molecular flexibility index (Phi) is 7.96. The van der Waals surface area contributed by atoms with E-state index in [1.807, 2.05) is 50.2 Å². The lowest BCUT2D eigenvalue weighted by atomic mass is 9.91. The zero-order chi connectivity index (χ0) is 28.2. The van der Waals surface area contributed by atoms with Gasteiger partial charge in [0.25, 0.3) is 0 Å². The van der Waals surface area contributed by atoms with Gasteiger partial charge in [-0.15, -0.1) is 0 Å². The fraction of sp³-hybridized carbons (Fsp3) is 0.387. The van der Waals surface area contributed by atoms with Gasteiger partial charge in [-0.1, -0.05) is 26.0 Å². The third-order valence-electron chi connectivity index (χ3n) is 7.74. The molecule has 5 rings (SSSR count). The molecule has 0 amide bonds. The van der Waals surface area contributed by atoms with Gasteiger partial charge in [0, 0.05) is 67.0 Å². The maximum atomic E-state index is 12.2. The first-order chi connectivity index (χ1) is 19.3. The van der Waals surface area contributed by atoms with E-state index in [1.165, 1.54) is 0 Å². The van der Waals surface area contributed by atoms with Gasteiger partial charge in [-0.25, -0.2) is 14.8 Å². The van der Waals surface area contributed by atoms with Gasteiger partial charge >= 0.3 is 5.97 Å². The number of carbonyl (C=O) groups is 1. The van der Waals surface area contributed by atoms with Gasteiger partial charge < -0.3 is 25.6 Å². The van der Waals surface area contributed by atoms with Crippen molar-refractivity contribution in [3.8, 4) is 17.2 Å². The van der Waals surface area contributed by atoms with E-state index in [0.717, 1.165) is 74.6 Å². The van der Waals surface area contributed by atoms with Crippen LogP contribution in [0.1, 0.15) is 55.6 Å². The van der Waals surface area contributed by atoms with Gasteiger partial charge in [-0.05, 0) is 67.0 Å². The lowest BCUT2D eigenvalue weighted by Gasteiger charge is -2.31. The summed E-state index contributed by atoms with van der Waals surface area (Å²) in [6, 6.07) is 15.7. The number of piperidine rings is 1. The molecule has 0 atom stereocenters. The molecule has 2 aromatic heterocycles. The minimum Gasteiger partial charge on any atom is -0.477 e. The number of nitrogens with zero attached hydrogens (tertiary/aromatic N) is 5. The molecule has 0 saturated carbocycles. The van der Waals surface area contributed by atoms with Gasteiger partial charge in [-0.3, -0.25) is 0 Å². The summed E-state index contributed by atoms with van der Waals surface area (Å²) < 4.78 is 0. The molecule has 206 valence electrons. The lowest BCUT2D eigenvalue weighted by Crippen LogP contribution is -2.33. The second-order valence-corrected chi connectivity index (χ2v) is 10.8. The van der Waals surface area contributed by atoms with Crippen LogP contribution in [0.5, 0.6) is 0 Å². The van der Waals surface area contributed by atoms with Crippen molar-refractivity contribution in [3.05, 3.63) is 59.9 Å². The Bertz CT molecular complexity index is 1430. The van der Waals surface area contributed by atoms with Crippen LogP contribution < -0.4 is 15.1 Å². The first-order valence-electron chi connectivity index (χ1n) is 13.9. The zero-order valence-corrected chi connectivity index (χ0v) is 23.0. The van der Waals surface area contributed by atoms with Crippen molar-refractivity contribution in [3.63, 3.8) is 0 Å². The number of nitriles is 1. The highest BCUT2D eigenvalue weighted by Crippen LogP contribution is 2.35. The number of carboxylic acid groups (broad SMARTS) is 1. The van der Waals surface area contributed by atoms with Crippen LogP contribution in [0.2, 0.25) is 0 Å². The van der Waals surface area contributed by atoms with E-state index < -0.39 is 5.97 Å². The average Bonchev–Trinajstić information content (AvgIpc) is 3.52. The number of hydrogen-bond donors (Lipinski definition) is 3. The van der Waals surface area contributed by atoms with Crippen molar-refractivity contribution in [1.29, 1.82) is 10.7 Å². The van der Waals surface area contributed by atoms with Crippen molar-refractivity contribution in [2.75, 3.05) is 41.3 Å². The second-order valence-electron chi connectivity index (χ2n) is 10.8. The quantitative estimate of drug-likeness (QED) is 0.301. The molecule has 2 saturated heterocycles. The van der Waals surface area contributed by atoms with Crippen LogP contribution >= 0.6 is 0 Å². The summed E-state index contributed by atoms with van der Waals surface area (Å²) in [4.78, 5) is 25.7. The topological polar surface area (TPSA) is 129 Å². The maximum absolute atomic E-state index is 12.2. The van der Waals surface area contributed by atoms with Crippen molar-refractivity contribution in [1.82, 2.24) is 9.97 Å². The second kappa shape index (κ2) is 11.7. The lowest BCUT2D eigenvalue weighted by molar-refractivity contribution is 0.0690. The van der Waals surface area contributed by atoms with E-state index in [-0.39, 0.29) is 17.5 Å². The van der Waals surface area contributed by atoms with Crippen LogP contribution in [-0.4, -0.2) is 52.9 Å². The number of aromatic nitrogens is 2. The molecular weight excluding hydrogens is 502 g/mol. The van der Waals surface area contributed by atoms with Gasteiger partial charge in [0.15, 0.2) is 5.69 Å². The highest BCUT2D eigenvalue weighted by Gasteiger charge is 2.24. The molecule has 0 aliphatic carbocycles. The number of hydrogen-bond acceptors (Lipinski definition) is 8. The van der Waals surface area contributed by atoms with E-state index >= 15 is 0 Å². The smallest absolute Gasteiger partial charge is 0.354 e. The average molecular weight is 538 g/mol. The number of benzene rings is 1. The summed E-state index contributed by atoms with van der Waals surface area (Å²) >= 11 is 0. The summed E-state index contributed by atoms with van der Waals surface area (Å²) in [5, 5.41) is 31.5. The molecule has 0 radical (unpaired) electrons. The fourth-order valence-electron chi connectivity index (χ4n) is 5.40. The van der Waals surface area contributed by atoms with Gasteiger partial charge in [0.2, 0.25) is 0 Å². The number of anilines is 4. The fourth-order valence-corrected chi connectivity index (χ4v) is 5.40. The molecule has 0 spiro atoms. The highest BCUT2D eigenvalue weighted by molar-refractivity contribution is 6.10. The van der Waals surface area contributed by atoms with Crippen LogP contribution in [0.25, 0.3) is 11.1 Å². The van der Waals surface area contributed by atoms with Crippen LogP contribution in [0.3, 0.4) is 0 Å². The van der Waals surface area contributed by atoms with Crippen LogP contribution in [0, 0.1) is 28.6 Å². The first kappa shape index (κ1) is 27.1. The van der Waals surface area contributed by atoms with E-state index in [0.29, 0.717) is 22.7 Å². The van der Waals surface area contributed by atoms with E-state index in [9.17, 15) is 15.2 Å². The SMILES string of the molecule is CC(C)C(=N)c1c(-c2ccc(N3CCC(C#N)CC3)cc2)cc(C(=O)O)nc1Nc1ccnc(N2CCCC2)c1.